The summed E-state index contributed by atoms with van der Waals surface area (Å²) in [6.07, 6.45) is -0.307. The first-order chi connectivity index (χ1) is 7.74. The number of hydrogen-bond donors (Lipinski definition) is 1. The predicted octanol–water partition coefficient (Wildman–Crippen LogP) is 0.599. The summed E-state index contributed by atoms with van der Waals surface area (Å²) >= 11 is 0. The monoisotopic (exact) mass is 219 g/mol. The lowest BCUT2D eigenvalue weighted by molar-refractivity contribution is -0.118. The van der Waals surface area contributed by atoms with E-state index in [1.165, 1.54) is 0 Å². The van der Waals surface area contributed by atoms with Crippen LogP contribution in [-0.2, 0) is 9.53 Å². The number of amides is 1. The zero-order chi connectivity index (χ0) is 11.1. The van der Waals surface area contributed by atoms with Crippen LogP contribution >= 0.6 is 0 Å². The van der Waals surface area contributed by atoms with Crippen molar-refractivity contribution >= 4 is 17.4 Å². The van der Waals surface area contributed by atoms with Gasteiger partial charge in [0.25, 0.3) is 5.91 Å². The molecule has 1 amide bonds. The molecule has 0 aromatic heterocycles. The summed E-state index contributed by atoms with van der Waals surface area (Å²) < 4.78 is 10.1. The van der Waals surface area contributed by atoms with E-state index >= 15 is 0 Å². The summed E-state index contributed by atoms with van der Waals surface area (Å²) in [7, 11) is 0. The van der Waals surface area contributed by atoms with Gasteiger partial charge in [-0.15, -0.1) is 0 Å². The van der Waals surface area contributed by atoms with Crippen molar-refractivity contribution in [2.45, 2.75) is 6.10 Å². The van der Waals surface area contributed by atoms with Crippen molar-refractivity contribution in [3.8, 4) is 5.75 Å². The Hall–Kier alpha value is -1.88. The Bertz CT molecular complexity index is 479. The van der Waals surface area contributed by atoms with E-state index in [2.05, 4.69) is 5.32 Å². The van der Waals surface area contributed by atoms with Gasteiger partial charge in [-0.25, -0.2) is 0 Å². The molecule has 1 N–H and O–H groups in total. The maximum absolute atomic E-state index is 11.7. The predicted molar refractivity (Wildman–Crippen MR) is 54.6 cm³/mol. The van der Waals surface area contributed by atoms with Crippen LogP contribution in [0.1, 0.15) is 10.4 Å². The van der Waals surface area contributed by atoms with E-state index in [9.17, 15) is 9.59 Å². The fourth-order valence-corrected chi connectivity index (χ4v) is 1.62. The third-order valence-corrected chi connectivity index (χ3v) is 2.52. The molecule has 0 saturated carbocycles. The molecule has 2 aliphatic rings. The van der Waals surface area contributed by atoms with E-state index in [0.29, 0.717) is 23.6 Å². The second kappa shape index (κ2) is 3.31. The summed E-state index contributed by atoms with van der Waals surface area (Å²) in [4.78, 5) is 22.8. The highest BCUT2D eigenvalue weighted by molar-refractivity contribution is 6.03. The highest BCUT2D eigenvalue weighted by atomic mass is 16.6. The van der Waals surface area contributed by atoms with Gasteiger partial charge in [0.15, 0.2) is 12.4 Å². The first-order valence-electron chi connectivity index (χ1n) is 4.96. The van der Waals surface area contributed by atoms with E-state index < -0.39 is 0 Å². The first-order valence-corrected chi connectivity index (χ1v) is 4.96. The minimum absolute atomic E-state index is 0.0199. The second-order valence-electron chi connectivity index (χ2n) is 3.73. The van der Waals surface area contributed by atoms with E-state index in [1.54, 1.807) is 18.2 Å². The lowest BCUT2D eigenvalue weighted by atomic mass is 10.1. The molecule has 0 radical (unpaired) electrons. The number of Topliss-reactive ketones (excluding diaryl/α,β-unsaturated/α-hetero) is 1. The number of carbonyl (C=O) groups is 2. The number of rotatable bonds is 2. The zero-order valence-corrected chi connectivity index (χ0v) is 8.36. The molecular formula is C11H9NO4. The summed E-state index contributed by atoms with van der Waals surface area (Å²) in [5.74, 6) is 0.329. The van der Waals surface area contributed by atoms with Crippen molar-refractivity contribution in [3.05, 3.63) is 23.8 Å². The summed E-state index contributed by atoms with van der Waals surface area (Å²) in [6, 6.07) is 4.99. The lowest BCUT2D eigenvalue weighted by Gasteiger charge is -2.18. The van der Waals surface area contributed by atoms with Gasteiger partial charge in [-0.3, -0.25) is 9.59 Å². The standard InChI is InChI=1S/C11H9NO4/c13-10-5-16-8-2-1-6(3-7(8)12-10)11(14)9-4-15-9/h1-3,9H,4-5H2,(H,12,13). The number of anilines is 1. The summed E-state index contributed by atoms with van der Waals surface area (Å²) in [5, 5.41) is 2.66. The number of carbonyl (C=O) groups excluding carboxylic acids is 2. The molecule has 16 heavy (non-hydrogen) atoms. The van der Waals surface area contributed by atoms with Crippen molar-refractivity contribution in [1.29, 1.82) is 0 Å². The average Bonchev–Trinajstić information content (AvgIpc) is 3.11. The van der Waals surface area contributed by atoms with Gasteiger partial charge in [0.1, 0.15) is 11.9 Å². The Labute approximate surface area is 91.3 Å². The third kappa shape index (κ3) is 1.55. The highest BCUT2D eigenvalue weighted by Gasteiger charge is 2.32. The van der Waals surface area contributed by atoms with Crippen molar-refractivity contribution in [1.82, 2.24) is 0 Å². The third-order valence-electron chi connectivity index (χ3n) is 2.52. The smallest absolute Gasteiger partial charge is 0.262 e. The number of fused-ring (bicyclic) bond motifs is 1. The van der Waals surface area contributed by atoms with Crippen molar-refractivity contribution in [3.63, 3.8) is 0 Å². The van der Waals surface area contributed by atoms with E-state index in [0.717, 1.165) is 0 Å². The van der Waals surface area contributed by atoms with Gasteiger partial charge in [-0.05, 0) is 18.2 Å². The topological polar surface area (TPSA) is 67.9 Å². The summed E-state index contributed by atoms with van der Waals surface area (Å²) in [6.45, 7) is 0.505. The largest absolute Gasteiger partial charge is 0.482 e. The molecule has 2 aliphatic heterocycles. The maximum Gasteiger partial charge on any atom is 0.262 e. The zero-order valence-electron chi connectivity index (χ0n) is 8.36. The minimum Gasteiger partial charge on any atom is -0.482 e. The van der Waals surface area contributed by atoms with Crippen LogP contribution in [0.5, 0.6) is 5.75 Å². The molecule has 0 bridgehead atoms. The van der Waals surface area contributed by atoms with Crippen molar-refractivity contribution < 1.29 is 19.1 Å². The molecule has 2 heterocycles. The molecule has 0 aliphatic carbocycles. The number of hydrogen-bond acceptors (Lipinski definition) is 4. The van der Waals surface area contributed by atoms with E-state index in [4.69, 9.17) is 9.47 Å². The fraction of sp³-hybridized carbons (Fsp3) is 0.273. The van der Waals surface area contributed by atoms with Crippen LogP contribution in [0.15, 0.2) is 18.2 Å². The molecule has 82 valence electrons. The molecule has 1 atom stereocenters. The first kappa shape index (κ1) is 9.35. The van der Waals surface area contributed by atoms with Crippen LogP contribution in [0.4, 0.5) is 5.69 Å². The number of nitrogens with one attached hydrogen (secondary N) is 1. The molecule has 5 heteroatoms. The van der Waals surface area contributed by atoms with Crippen LogP contribution in [0.25, 0.3) is 0 Å². The SMILES string of the molecule is O=C1COc2ccc(C(=O)C3CO3)cc2N1. The van der Waals surface area contributed by atoms with Gasteiger partial charge in [-0.1, -0.05) is 0 Å². The van der Waals surface area contributed by atoms with Crippen LogP contribution in [0, 0.1) is 0 Å². The Kier molecular flexibility index (Phi) is 1.94. The number of epoxide rings is 1. The normalized spacial score (nSPS) is 21.8. The number of ketones is 1. The van der Waals surface area contributed by atoms with Crippen LogP contribution in [0.2, 0.25) is 0 Å². The quantitative estimate of drug-likeness (QED) is 0.584. The van der Waals surface area contributed by atoms with Crippen molar-refractivity contribution in [2.24, 2.45) is 0 Å². The molecule has 1 unspecified atom stereocenters. The van der Waals surface area contributed by atoms with Crippen LogP contribution < -0.4 is 10.1 Å². The second-order valence-corrected chi connectivity index (χ2v) is 3.73. The fourth-order valence-electron chi connectivity index (χ4n) is 1.62. The van der Waals surface area contributed by atoms with Gasteiger partial charge in [0, 0.05) is 5.56 Å². The molecule has 5 nitrogen and oxygen atoms in total. The average molecular weight is 219 g/mol. The molecule has 1 aromatic carbocycles. The Balaban J connectivity index is 1.94. The van der Waals surface area contributed by atoms with E-state index in [1.807, 2.05) is 0 Å². The van der Waals surface area contributed by atoms with E-state index in [-0.39, 0.29) is 24.4 Å². The van der Waals surface area contributed by atoms with Gasteiger partial charge in [-0.2, -0.15) is 0 Å². The Morgan fingerprint density at radius 2 is 2.25 bits per heavy atom. The molecule has 3 rings (SSSR count). The van der Waals surface area contributed by atoms with Gasteiger partial charge in [0.2, 0.25) is 0 Å². The summed E-state index contributed by atoms with van der Waals surface area (Å²) in [5.41, 5.74) is 1.08. The van der Waals surface area contributed by atoms with Gasteiger partial charge < -0.3 is 14.8 Å². The van der Waals surface area contributed by atoms with Crippen molar-refractivity contribution in [2.75, 3.05) is 18.5 Å². The molecule has 1 aromatic rings. The Morgan fingerprint density at radius 1 is 1.44 bits per heavy atom. The van der Waals surface area contributed by atoms with Gasteiger partial charge >= 0.3 is 0 Å². The maximum atomic E-state index is 11.7. The number of ether oxygens (including phenoxy) is 2. The highest BCUT2D eigenvalue weighted by Crippen LogP contribution is 2.29. The Morgan fingerprint density at radius 3 is 3.00 bits per heavy atom. The van der Waals surface area contributed by atoms with Gasteiger partial charge in [0.05, 0.1) is 12.3 Å². The van der Waals surface area contributed by atoms with Crippen LogP contribution in [-0.4, -0.2) is 31.0 Å². The molecular weight excluding hydrogens is 210 g/mol. The molecule has 0 spiro atoms. The molecule has 1 fully saturated rings. The number of benzene rings is 1. The van der Waals surface area contributed by atoms with Crippen LogP contribution in [0.3, 0.4) is 0 Å². The minimum atomic E-state index is -0.307. The lowest BCUT2D eigenvalue weighted by Crippen LogP contribution is -2.25. The molecule has 1 saturated heterocycles.